The van der Waals surface area contributed by atoms with Gasteiger partial charge in [0.2, 0.25) is 0 Å². The molecule has 0 radical (unpaired) electrons. The molecule has 0 saturated heterocycles. The zero-order valence-corrected chi connectivity index (χ0v) is 9.47. The minimum atomic E-state index is -0.102. The summed E-state index contributed by atoms with van der Waals surface area (Å²) < 4.78 is 0. The van der Waals surface area contributed by atoms with Gasteiger partial charge < -0.3 is 4.90 Å². The number of aromatic nitrogens is 2. The lowest BCUT2D eigenvalue weighted by Gasteiger charge is -2.15. The Kier molecular flexibility index (Phi) is 3.06. The minimum absolute atomic E-state index is 0.102. The van der Waals surface area contributed by atoms with Crippen LogP contribution >= 0.6 is 0 Å². The van der Waals surface area contributed by atoms with Crippen molar-refractivity contribution in [3.05, 3.63) is 30.0 Å². The average molecular weight is 228 g/mol. The zero-order valence-electron chi connectivity index (χ0n) is 9.47. The number of nitriles is 1. The molecule has 2 aromatic rings. The van der Waals surface area contributed by atoms with Gasteiger partial charge in [0.25, 0.3) is 5.91 Å². The molecule has 1 amide bonds. The van der Waals surface area contributed by atoms with Gasteiger partial charge in [0, 0.05) is 19.0 Å². The second kappa shape index (κ2) is 4.66. The molecule has 0 aliphatic rings. The van der Waals surface area contributed by atoms with E-state index in [2.05, 4.69) is 10.2 Å². The van der Waals surface area contributed by atoms with E-state index in [-0.39, 0.29) is 5.91 Å². The first-order valence-electron chi connectivity index (χ1n) is 5.28. The zero-order chi connectivity index (χ0) is 12.3. The SMILES string of the molecule is CN(CCC#N)C(=O)c1cccc2cn[nH]c12. The topological polar surface area (TPSA) is 72.8 Å². The number of para-hydroxylation sites is 1. The number of fused-ring (bicyclic) bond motifs is 1. The normalized spacial score (nSPS) is 10.1. The Hall–Kier alpha value is -2.35. The van der Waals surface area contributed by atoms with Crippen LogP contribution in [-0.2, 0) is 0 Å². The minimum Gasteiger partial charge on any atom is -0.341 e. The fraction of sp³-hybridized carbons (Fsp3) is 0.250. The number of carbonyl (C=O) groups excluding carboxylic acids is 1. The summed E-state index contributed by atoms with van der Waals surface area (Å²) in [7, 11) is 1.69. The largest absolute Gasteiger partial charge is 0.341 e. The molecule has 0 saturated carbocycles. The van der Waals surface area contributed by atoms with E-state index in [0.29, 0.717) is 18.5 Å². The maximum absolute atomic E-state index is 12.1. The number of nitrogens with zero attached hydrogens (tertiary/aromatic N) is 3. The van der Waals surface area contributed by atoms with Crippen LogP contribution in [-0.4, -0.2) is 34.6 Å². The van der Waals surface area contributed by atoms with Crippen molar-refractivity contribution < 1.29 is 4.79 Å². The summed E-state index contributed by atoms with van der Waals surface area (Å²) in [5.41, 5.74) is 1.32. The van der Waals surface area contributed by atoms with Crippen molar-refractivity contribution in [2.24, 2.45) is 0 Å². The van der Waals surface area contributed by atoms with Gasteiger partial charge in [0.15, 0.2) is 0 Å². The van der Waals surface area contributed by atoms with Crippen LogP contribution in [0.4, 0.5) is 0 Å². The smallest absolute Gasteiger partial charge is 0.255 e. The number of carbonyl (C=O) groups is 1. The summed E-state index contributed by atoms with van der Waals surface area (Å²) in [6.07, 6.45) is 2.02. The Bertz CT molecular complexity index is 581. The van der Waals surface area contributed by atoms with Crippen molar-refractivity contribution in [3.63, 3.8) is 0 Å². The molecule has 1 heterocycles. The van der Waals surface area contributed by atoms with Crippen LogP contribution in [0.25, 0.3) is 10.9 Å². The van der Waals surface area contributed by atoms with E-state index in [1.807, 2.05) is 18.2 Å². The molecule has 1 N–H and O–H groups in total. The first-order valence-corrected chi connectivity index (χ1v) is 5.28. The van der Waals surface area contributed by atoms with Gasteiger partial charge in [-0.15, -0.1) is 0 Å². The van der Waals surface area contributed by atoms with Gasteiger partial charge in [-0.3, -0.25) is 9.89 Å². The van der Waals surface area contributed by atoms with Crippen molar-refractivity contribution in [1.29, 1.82) is 5.26 Å². The molecule has 0 unspecified atom stereocenters. The number of nitrogens with one attached hydrogen (secondary N) is 1. The molecule has 17 heavy (non-hydrogen) atoms. The van der Waals surface area contributed by atoms with Crippen molar-refractivity contribution in [3.8, 4) is 6.07 Å². The number of hydrogen-bond donors (Lipinski definition) is 1. The number of amides is 1. The molecule has 0 fully saturated rings. The highest BCUT2D eigenvalue weighted by Crippen LogP contribution is 2.16. The summed E-state index contributed by atoms with van der Waals surface area (Å²) in [6.45, 7) is 0.430. The third-order valence-electron chi connectivity index (χ3n) is 2.61. The number of rotatable bonds is 3. The van der Waals surface area contributed by atoms with Crippen molar-refractivity contribution in [2.75, 3.05) is 13.6 Å². The van der Waals surface area contributed by atoms with E-state index in [9.17, 15) is 4.79 Å². The van der Waals surface area contributed by atoms with Crippen LogP contribution in [0.15, 0.2) is 24.4 Å². The number of H-pyrrole nitrogens is 1. The van der Waals surface area contributed by atoms with E-state index in [0.717, 1.165) is 10.9 Å². The third-order valence-corrected chi connectivity index (χ3v) is 2.61. The van der Waals surface area contributed by atoms with Gasteiger partial charge in [0.1, 0.15) is 0 Å². The molecular formula is C12H12N4O. The molecule has 0 spiro atoms. The van der Waals surface area contributed by atoms with Gasteiger partial charge in [-0.05, 0) is 6.07 Å². The Morgan fingerprint density at radius 2 is 2.41 bits per heavy atom. The summed E-state index contributed by atoms with van der Waals surface area (Å²) in [5.74, 6) is -0.102. The maximum Gasteiger partial charge on any atom is 0.255 e. The van der Waals surface area contributed by atoms with Crippen molar-refractivity contribution >= 4 is 16.8 Å². The molecule has 2 rings (SSSR count). The fourth-order valence-electron chi connectivity index (χ4n) is 1.67. The van der Waals surface area contributed by atoms with Crippen LogP contribution in [0.2, 0.25) is 0 Å². The van der Waals surface area contributed by atoms with Crippen LogP contribution in [0.1, 0.15) is 16.8 Å². The number of hydrogen-bond acceptors (Lipinski definition) is 3. The standard InChI is InChI=1S/C12H12N4O/c1-16(7-3-6-13)12(17)10-5-2-4-9-8-14-15-11(9)10/h2,4-5,8H,3,7H2,1H3,(H,14,15). The average Bonchev–Trinajstić information content (AvgIpc) is 2.82. The lowest BCUT2D eigenvalue weighted by molar-refractivity contribution is 0.0799. The Balaban J connectivity index is 2.30. The van der Waals surface area contributed by atoms with Crippen LogP contribution < -0.4 is 0 Å². The number of benzene rings is 1. The first-order chi connectivity index (χ1) is 8.24. The van der Waals surface area contributed by atoms with E-state index in [1.54, 1.807) is 24.2 Å². The molecule has 1 aromatic heterocycles. The Morgan fingerprint density at radius 1 is 1.59 bits per heavy atom. The number of aromatic amines is 1. The third kappa shape index (κ3) is 2.11. The van der Waals surface area contributed by atoms with Crippen LogP contribution in [0.5, 0.6) is 0 Å². The monoisotopic (exact) mass is 228 g/mol. The highest BCUT2D eigenvalue weighted by molar-refractivity contribution is 6.05. The quantitative estimate of drug-likeness (QED) is 0.866. The molecule has 86 valence electrons. The highest BCUT2D eigenvalue weighted by Gasteiger charge is 2.14. The summed E-state index contributed by atoms with van der Waals surface area (Å²) in [6, 6.07) is 7.50. The van der Waals surface area contributed by atoms with Gasteiger partial charge in [-0.25, -0.2) is 0 Å². The maximum atomic E-state index is 12.1. The van der Waals surface area contributed by atoms with Gasteiger partial charge in [-0.2, -0.15) is 10.4 Å². The lowest BCUT2D eigenvalue weighted by atomic mass is 10.1. The molecule has 5 heteroatoms. The van der Waals surface area contributed by atoms with Gasteiger partial charge >= 0.3 is 0 Å². The van der Waals surface area contributed by atoms with E-state index < -0.39 is 0 Å². The molecule has 0 atom stereocenters. The predicted octanol–water partition coefficient (Wildman–Crippen LogP) is 1.55. The van der Waals surface area contributed by atoms with Crippen LogP contribution in [0, 0.1) is 11.3 Å². The summed E-state index contributed by atoms with van der Waals surface area (Å²) in [5, 5.41) is 16.1. The predicted molar refractivity (Wildman–Crippen MR) is 63.3 cm³/mol. The Morgan fingerprint density at radius 3 is 3.18 bits per heavy atom. The molecule has 5 nitrogen and oxygen atoms in total. The van der Waals surface area contributed by atoms with E-state index in [4.69, 9.17) is 5.26 Å². The first kappa shape index (κ1) is 11.1. The lowest BCUT2D eigenvalue weighted by Crippen LogP contribution is -2.27. The molecule has 1 aromatic carbocycles. The molecular weight excluding hydrogens is 216 g/mol. The summed E-state index contributed by atoms with van der Waals surface area (Å²) >= 11 is 0. The Labute approximate surface area is 98.6 Å². The second-order valence-electron chi connectivity index (χ2n) is 3.77. The molecule has 0 bridgehead atoms. The molecule has 0 aliphatic carbocycles. The van der Waals surface area contributed by atoms with Crippen LogP contribution in [0.3, 0.4) is 0 Å². The van der Waals surface area contributed by atoms with Crippen molar-refractivity contribution in [1.82, 2.24) is 15.1 Å². The highest BCUT2D eigenvalue weighted by atomic mass is 16.2. The molecule has 0 aliphatic heterocycles. The van der Waals surface area contributed by atoms with Gasteiger partial charge in [-0.1, -0.05) is 12.1 Å². The van der Waals surface area contributed by atoms with Crippen molar-refractivity contribution in [2.45, 2.75) is 6.42 Å². The van der Waals surface area contributed by atoms with Gasteiger partial charge in [0.05, 0.1) is 29.8 Å². The fourth-order valence-corrected chi connectivity index (χ4v) is 1.67. The van der Waals surface area contributed by atoms with E-state index >= 15 is 0 Å². The second-order valence-corrected chi connectivity index (χ2v) is 3.77. The van der Waals surface area contributed by atoms with E-state index in [1.165, 1.54) is 0 Å². The summed E-state index contributed by atoms with van der Waals surface area (Å²) in [4.78, 5) is 13.7.